The summed E-state index contributed by atoms with van der Waals surface area (Å²) in [5.74, 6) is 0. The lowest BCUT2D eigenvalue weighted by atomic mass is 9.97. The second-order valence-electron chi connectivity index (χ2n) is 6.05. The van der Waals surface area contributed by atoms with Gasteiger partial charge in [-0.3, -0.25) is 4.90 Å². The molecule has 2 aromatic rings. The van der Waals surface area contributed by atoms with Gasteiger partial charge in [0.1, 0.15) is 0 Å². The molecule has 2 nitrogen and oxygen atoms in total. The standard InChI is InChI=1S/C20H26N2/c1-3-21(4-2)13-14-22-15-17-9-5-7-11-19(17)20-12-8-6-10-18(20)16-22/h5-12H,3-4,13-16H2,1-2H3. The van der Waals surface area contributed by atoms with Crippen LogP contribution in [0.4, 0.5) is 0 Å². The molecule has 0 atom stereocenters. The highest BCUT2D eigenvalue weighted by molar-refractivity contribution is 5.71. The van der Waals surface area contributed by atoms with Crippen LogP contribution in [0.5, 0.6) is 0 Å². The molecular formula is C20H26N2. The third-order valence-electron chi connectivity index (χ3n) is 4.74. The maximum Gasteiger partial charge on any atom is 0.0243 e. The van der Waals surface area contributed by atoms with Crippen LogP contribution in [0, 0.1) is 0 Å². The third-order valence-corrected chi connectivity index (χ3v) is 4.74. The van der Waals surface area contributed by atoms with E-state index in [1.807, 2.05) is 0 Å². The van der Waals surface area contributed by atoms with E-state index in [9.17, 15) is 0 Å². The first-order chi connectivity index (χ1) is 10.8. The summed E-state index contributed by atoms with van der Waals surface area (Å²) in [6, 6.07) is 17.7. The molecular weight excluding hydrogens is 268 g/mol. The number of hydrogen-bond acceptors (Lipinski definition) is 2. The zero-order valence-electron chi connectivity index (χ0n) is 13.8. The monoisotopic (exact) mass is 294 g/mol. The summed E-state index contributed by atoms with van der Waals surface area (Å²) >= 11 is 0. The van der Waals surface area contributed by atoms with E-state index in [1.54, 1.807) is 0 Å². The summed E-state index contributed by atoms with van der Waals surface area (Å²) in [5.41, 5.74) is 5.71. The maximum atomic E-state index is 2.59. The molecule has 1 aliphatic rings. The van der Waals surface area contributed by atoms with E-state index >= 15 is 0 Å². The minimum atomic E-state index is 1.05. The molecule has 116 valence electrons. The van der Waals surface area contributed by atoms with E-state index in [0.29, 0.717) is 0 Å². The highest BCUT2D eigenvalue weighted by atomic mass is 15.2. The van der Waals surface area contributed by atoms with E-state index in [2.05, 4.69) is 72.2 Å². The van der Waals surface area contributed by atoms with Crippen LogP contribution in [0.25, 0.3) is 11.1 Å². The van der Waals surface area contributed by atoms with Gasteiger partial charge in [0, 0.05) is 26.2 Å². The van der Waals surface area contributed by atoms with Crippen LogP contribution < -0.4 is 0 Å². The molecule has 1 aliphatic heterocycles. The fraction of sp³-hybridized carbons (Fsp3) is 0.400. The fourth-order valence-electron chi connectivity index (χ4n) is 3.36. The summed E-state index contributed by atoms with van der Waals surface area (Å²) in [4.78, 5) is 5.09. The Morgan fingerprint density at radius 1 is 0.818 bits per heavy atom. The first-order valence-electron chi connectivity index (χ1n) is 8.42. The molecule has 0 aromatic heterocycles. The van der Waals surface area contributed by atoms with Crippen molar-refractivity contribution >= 4 is 0 Å². The Morgan fingerprint density at radius 2 is 1.32 bits per heavy atom. The van der Waals surface area contributed by atoms with Gasteiger partial charge in [-0.15, -0.1) is 0 Å². The molecule has 0 unspecified atom stereocenters. The Labute approximate surface area is 134 Å². The zero-order chi connectivity index (χ0) is 15.4. The van der Waals surface area contributed by atoms with Gasteiger partial charge in [-0.05, 0) is 35.3 Å². The first kappa shape index (κ1) is 15.3. The lowest BCUT2D eigenvalue weighted by Gasteiger charge is -2.25. The maximum absolute atomic E-state index is 2.59. The Kier molecular flexibility index (Phi) is 4.91. The van der Waals surface area contributed by atoms with Crippen molar-refractivity contribution in [1.29, 1.82) is 0 Å². The molecule has 3 rings (SSSR count). The van der Waals surface area contributed by atoms with Gasteiger partial charge in [-0.25, -0.2) is 0 Å². The van der Waals surface area contributed by atoms with Crippen LogP contribution >= 0.6 is 0 Å². The van der Waals surface area contributed by atoms with Crippen molar-refractivity contribution in [2.75, 3.05) is 26.2 Å². The highest BCUT2D eigenvalue weighted by Gasteiger charge is 2.18. The molecule has 0 spiro atoms. The molecule has 22 heavy (non-hydrogen) atoms. The Balaban J connectivity index is 1.86. The van der Waals surface area contributed by atoms with Crippen molar-refractivity contribution in [3.63, 3.8) is 0 Å². The average Bonchev–Trinajstić information content (AvgIpc) is 2.72. The van der Waals surface area contributed by atoms with Gasteiger partial charge in [0.2, 0.25) is 0 Å². The Bertz CT molecular complexity index is 569. The molecule has 0 radical (unpaired) electrons. The molecule has 0 aliphatic carbocycles. The lowest BCUT2D eigenvalue weighted by Crippen LogP contribution is -2.34. The second-order valence-corrected chi connectivity index (χ2v) is 6.05. The molecule has 0 bridgehead atoms. The predicted molar refractivity (Wildman–Crippen MR) is 93.8 cm³/mol. The van der Waals surface area contributed by atoms with Crippen molar-refractivity contribution < 1.29 is 0 Å². The summed E-state index contributed by atoms with van der Waals surface area (Å²) < 4.78 is 0. The molecule has 0 saturated heterocycles. The summed E-state index contributed by atoms with van der Waals surface area (Å²) in [6.45, 7) is 11.1. The van der Waals surface area contributed by atoms with Gasteiger partial charge in [0.05, 0.1) is 0 Å². The third kappa shape index (κ3) is 3.23. The minimum absolute atomic E-state index is 1.05. The van der Waals surface area contributed by atoms with E-state index in [1.165, 1.54) is 22.3 Å². The summed E-state index contributed by atoms with van der Waals surface area (Å²) in [6.07, 6.45) is 0. The van der Waals surface area contributed by atoms with E-state index in [4.69, 9.17) is 0 Å². The van der Waals surface area contributed by atoms with Gasteiger partial charge in [0.25, 0.3) is 0 Å². The van der Waals surface area contributed by atoms with Gasteiger partial charge >= 0.3 is 0 Å². The number of fused-ring (bicyclic) bond motifs is 3. The SMILES string of the molecule is CCN(CC)CCN1Cc2ccccc2-c2ccccc2C1. The van der Waals surface area contributed by atoms with Crippen molar-refractivity contribution in [1.82, 2.24) is 9.80 Å². The smallest absolute Gasteiger partial charge is 0.0243 e. The van der Waals surface area contributed by atoms with Gasteiger partial charge in [-0.1, -0.05) is 62.4 Å². The predicted octanol–water partition coefficient (Wildman–Crippen LogP) is 4.01. The van der Waals surface area contributed by atoms with Crippen molar-refractivity contribution in [2.45, 2.75) is 26.9 Å². The summed E-state index contributed by atoms with van der Waals surface area (Å²) in [5, 5.41) is 0. The molecule has 0 N–H and O–H groups in total. The lowest BCUT2D eigenvalue weighted by molar-refractivity contribution is 0.203. The largest absolute Gasteiger partial charge is 0.303 e. The van der Waals surface area contributed by atoms with E-state index < -0.39 is 0 Å². The second kappa shape index (κ2) is 7.08. The quantitative estimate of drug-likeness (QED) is 0.822. The number of likely N-dealkylation sites (N-methyl/N-ethyl adjacent to an activating group) is 1. The number of hydrogen-bond donors (Lipinski definition) is 0. The van der Waals surface area contributed by atoms with Crippen LogP contribution in [-0.4, -0.2) is 36.0 Å². The van der Waals surface area contributed by atoms with Gasteiger partial charge < -0.3 is 4.90 Å². The Hall–Kier alpha value is -1.64. The Morgan fingerprint density at radius 3 is 1.82 bits per heavy atom. The molecule has 0 saturated carbocycles. The zero-order valence-corrected chi connectivity index (χ0v) is 13.8. The summed E-state index contributed by atoms with van der Waals surface area (Å²) in [7, 11) is 0. The fourth-order valence-corrected chi connectivity index (χ4v) is 3.36. The van der Waals surface area contributed by atoms with E-state index in [0.717, 1.165) is 39.3 Å². The van der Waals surface area contributed by atoms with Crippen LogP contribution in [0.1, 0.15) is 25.0 Å². The van der Waals surface area contributed by atoms with E-state index in [-0.39, 0.29) is 0 Å². The number of benzene rings is 2. The van der Waals surface area contributed by atoms with Crippen molar-refractivity contribution in [3.05, 3.63) is 59.7 Å². The molecule has 0 amide bonds. The molecule has 1 heterocycles. The van der Waals surface area contributed by atoms with Crippen LogP contribution in [0.15, 0.2) is 48.5 Å². The molecule has 2 heteroatoms. The topological polar surface area (TPSA) is 6.48 Å². The van der Waals surface area contributed by atoms with Crippen LogP contribution in [0.3, 0.4) is 0 Å². The number of nitrogens with zero attached hydrogens (tertiary/aromatic N) is 2. The van der Waals surface area contributed by atoms with Crippen LogP contribution in [-0.2, 0) is 13.1 Å². The molecule has 2 aromatic carbocycles. The minimum Gasteiger partial charge on any atom is -0.303 e. The van der Waals surface area contributed by atoms with Crippen molar-refractivity contribution in [2.24, 2.45) is 0 Å². The highest BCUT2D eigenvalue weighted by Crippen LogP contribution is 2.32. The average molecular weight is 294 g/mol. The van der Waals surface area contributed by atoms with Crippen molar-refractivity contribution in [3.8, 4) is 11.1 Å². The normalized spacial score (nSPS) is 14.5. The van der Waals surface area contributed by atoms with Crippen LogP contribution in [0.2, 0.25) is 0 Å². The van der Waals surface area contributed by atoms with Gasteiger partial charge in [-0.2, -0.15) is 0 Å². The number of rotatable bonds is 5. The van der Waals surface area contributed by atoms with Gasteiger partial charge in [0.15, 0.2) is 0 Å². The molecule has 0 fully saturated rings. The first-order valence-corrected chi connectivity index (χ1v) is 8.42.